The Balaban J connectivity index is 2.37. The topological polar surface area (TPSA) is 92.5 Å². The summed E-state index contributed by atoms with van der Waals surface area (Å²) < 4.78 is 26.4. The van der Waals surface area contributed by atoms with Gasteiger partial charge >= 0.3 is 0 Å². The van der Waals surface area contributed by atoms with E-state index in [4.69, 9.17) is 0 Å². The molecule has 7 nitrogen and oxygen atoms in total. The van der Waals surface area contributed by atoms with Gasteiger partial charge in [0.1, 0.15) is 0 Å². The molecule has 0 radical (unpaired) electrons. The van der Waals surface area contributed by atoms with Crippen molar-refractivity contribution in [3.05, 3.63) is 28.3 Å². The van der Waals surface area contributed by atoms with Gasteiger partial charge in [-0.05, 0) is 51.9 Å². The van der Waals surface area contributed by atoms with Crippen molar-refractivity contribution in [1.82, 2.24) is 4.90 Å². The van der Waals surface area contributed by atoms with Gasteiger partial charge in [-0.3, -0.25) is 10.1 Å². The Morgan fingerprint density at radius 2 is 1.96 bits per heavy atom. The number of hydrogen-bond donors (Lipinski definition) is 1. The molecule has 1 aromatic rings. The number of nitrogens with one attached hydrogen (secondary N) is 1. The molecule has 0 saturated carbocycles. The highest BCUT2D eigenvalue weighted by Gasteiger charge is 2.31. The average Bonchev–Trinajstić information content (AvgIpc) is 2.55. The number of likely N-dealkylation sites (tertiary alicyclic amines) is 1. The van der Waals surface area contributed by atoms with Gasteiger partial charge in [-0.15, -0.1) is 0 Å². The van der Waals surface area contributed by atoms with Gasteiger partial charge in [0.15, 0.2) is 9.84 Å². The van der Waals surface area contributed by atoms with Gasteiger partial charge in [0.05, 0.1) is 20.8 Å². The Hall–Kier alpha value is -1.19. The number of halogens is 1. The minimum Gasteiger partial charge on any atom is -0.383 e. The van der Waals surface area contributed by atoms with Crippen LogP contribution in [0.5, 0.6) is 0 Å². The zero-order valence-corrected chi connectivity index (χ0v) is 16.7. The van der Waals surface area contributed by atoms with E-state index in [9.17, 15) is 18.5 Å². The first kappa shape index (κ1) is 20.1. The van der Waals surface area contributed by atoms with E-state index in [2.05, 4.69) is 26.1 Å². The molecule has 1 aromatic carbocycles. The van der Waals surface area contributed by atoms with E-state index in [0.717, 1.165) is 25.9 Å². The van der Waals surface area contributed by atoms with Crippen molar-refractivity contribution in [1.29, 1.82) is 0 Å². The number of nitro groups is 1. The largest absolute Gasteiger partial charge is 0.383 e. The second kappa shape index (κ2) is 8.95. The van der Waals surface area contributed by atoms with Crippen LogP contribution < -0.4 is 5.32 Å². The Morgan fingerprint density at radius 1 is 1.32 bits per heavy atom. The summed E-state index contributed by atoms with van der Waals surface area (Å²) in [6, 6.07) is 4.02. The van der Waals surface area contributed by atoms with Gasteiger partial charge in [0.25, 0.3) is 5.69 Å². The number of benzene rings is 1. The van der Waals surface area contributed by atoms with Crippen molar-refractivity contribution in [2.45, 2.75) is 35.8 Å². The van der Waals surface area contributed by atoms with Crippen LogP contribution in [0.3, 0.4) is 0 Å². The molecule has 0 amide bonds. The highest BCUT2D eigenvalue weighted by atomic mass is 79.9. The lowest BCUT2D eigenvalue weighted by molar-refractivity contribution is -0.385. The molecule has 25 heavy (non-hydrogen) atoms. The fourth-order valence-corrected chi connectivity index (χ4v) is 5.35. The van der Waals surface area contributed by atoms with E-state index < -0.39 is 20.0 Å². The zero-order chi connectivity index (χ0) is 18.4. The number of nitrogens with zero attached hydrogens (tertiary/aromatic N) is 2. The van der Waals surface area contributed by atoms with Crippen LogP contribution >= 0.6 is 15.9 Å². The standard InChI is InChI=1S/C16H24BrN3O4S/c1-19-10-2-4-14(5-3-11-19)25(23,24)16-12-13(20(21)22)6-7-15(16)18-9-8-17/h6-7,12,14,18H,2-5,8-11H2,1H3. The minimum atomic E-state index is -3.64. The smallest absolute Gasteiger partial charge is 0.270 e. The third-order valence-corrected chi connectivity index (χ3v) is 7.16. The second-order valence-corrected chi connectivity index (χ2v) is 9.30. The summed E-state index contributed by atoms with van der Waals surface area (Å²) in [4.78, 5) is 12.8. The zero-order valence-electron chi connectivity index (χ0n) is 14.3. The molecule has 0 unspecified atom stereocenters. The SMILES string of the molecule is CN1CCCC(S(=O)(=O)c2cc([N+](=O)[O-])ccc2NCCBr)CCC1. The van der Waals surface area contributed by atoms with E-state index >= 15 is 0 Å². The van der Waals surface area contributed by atoms with Crippen molar-refractivity contribution in [3.63, 3.8) is 0 Å². The summed E-state index contributed by atoms with van der Waals surface area (Å²) >= 11 is 3.30. The number of alkyl halides is 1. The number of hydrogen-bond acceptors (Lipinski definition) is 6. The molecule has 9 heteroatoms. The molecule has 1 aliphatic heterocycles. The average molecular weight is 434 g/mol. The molecule has 1 saturated heterocycles. The Morgan fingerprint density at radius 3 is 2.52 bits per heavy atom. The first-order valence-electron chi connectivity index (χ1n) is 8.37. The Kier molecular flexibility index (Phi) is 7.21. The van der Waals surface area contributed by atoms with Crippen LogP contribution in [0, 0.1) is 10.1 Å². The van der Waals surface area contributed by atoms with Crippen LogP contribution in [-0.2, 0) is 9.84 Å². The van der Waals surface area contributed by atoms with Crippen molar-refractivity contribution in [2.24, 2.45) is 0 Å². The van der Waals surface area contributed by atoms with E-state index in [1.807, 2.05) is 7.05 Å². The number of anilines is 1. The molecule has 140 valence electrons. The van der Waals surface area contributed by atoms with Gasteiger partial charge in [0.2, 0.25) is 0 Å². The van der Waals surface area contributed by atoms with Crippen LogP contribution in [0.25, 0.3) is 0 Å². The maximum Gasteiger partial charge on any atom is 0.270 e. The third kappa shape index (κ3) is 5.15. The van der Waals surface area contributed by atoms with Crippen molar-refractivity contribution < 1.29 is 13.3 Å². The van der Waals surface area contributed by atoms with E-state index in [-0.39, 0.29) is 10.6 Å². The lowest BCUT2D eigenvalue weighted by Gasteiger charge is -2.25. The summed E-state index contributed by atoms with van der Waals surface area (Å²) in [5.41, 5.74) is 0.234. The highest BCUT2D eigenvalue weighted by molar-refractivity contribution is 9.09. The molecular formula is C16H24BrN3O4S. The molecule has 0 aromatic heterocycles. The van der Waals surface area contributed by atoms with E-state index in [1.54, 1.807) is 0 Å². The summed E-state index contributed by atoms with van der Waals surface area (Å²) in [5, 5.41) is 14.3. The van der Waals surface area contributed by atoms with E-state index in [0.29, 0.717) is 30.4 Å². The normalized spacial score (nSPS) is 17.7. The lowest BCUT2D eigenvalue weighted by Crippen LogP contribution is -2.30. The molecule has 1 heterocycles. The lowest BCUT2D eigenvalue weighted by atomic mass is 10.1. The number of rotatable bonds is 6. The quantitative estimate of drug-likeness (QED) is 0.420. The summed E-state index contributed by atoms with van der Waals surface area (Å²) in [6.45, 7) is 2.28. The highest BCUT2D eigenvalue weighted by Crippen LogP contribution is 2.32. The summed E-state index contributed by atoms with van der Waals surface area (Å²) in [7, 11) is -1.60. The van der Waals surface area contributed by atoms with Gasteiger partial charge in [-0.25, -0.2) is 8.42 Å². The van der Waals surface area contributed by atoms with Crippen LogP contribution in [0.1, 0.15) is 25.7 Å². The fraction of sp³-hybridized carbons (Fsp3) is 0.625. The minimum absolute atomic E-state index is 0.0431. The van der Waals surface area contributed by atoms with Crippen molar-refractivity contribution in [2.75, 3.05) is 37.3 Å². The maximum atomic E-state index is 13.2. The summed E-state index contributed by atoms with van der Waals surface area (Å²) in [5.74, 6) is 0. The Bertz CT molecular complexity index is 701. The van der Waals surface area contributed by atoms with Crippen LogP contribution in [0.15, 0.2) is 23.1 Å². The number of sulfone groups is 1. The predicted molar refractivity (Wildman–Crippen MR) is 102 cm³/mol. The van der Waals surface area contributed by atoms with Crippen LogP contribution in [0.2, 0.25) is 0 Å². The van der Waals surface area contributed by atoms with Crippen LogP contribution in [-0.4, -0.2) is 55.5 Å². The maximum absolute atomic E-state index is 13.2. The van der Waals surface area contributed by atoms with Crippen molar-refractivity contribution in [3.8, 4) is 0 Å². The van der Waals surface area contributed by atoms with Crippen LogP contribution in [0.4, 0.5) is 11.4 Å². The molecule has 0 atom stereocenters. The molecule has 0 spiro atoms. The molecule has 1 N–H and O–H groups in total. The fourth-order valence-electron chi connectivity index (χ4n) is 3.11. The van der Waals surface area contributed by atoms with Gasteiger partial charge < -0.3 is 10.2 Å². The van der Waals surface area contributed by atoms with Crippen molar-refractivity contribution >= 4 is 37.1 Å². The molecule has 0 aliphatic carbocycles. The molecule has 0 bridgehead atoms. The Labute approximate surface area is 157 Å². The summed E-state index contributed by atoms with van der Waals surface area (Å²) in [6.07, 6.45) is 2.76. The number of nitro benzene ring substituents is 1. The van der Waals surface area contributed by atoms with Gasteiger partial charge in [0, 0.05) is 24.0 Å². The first-order valence-corrected chi connectivity index (χ1v) is 11.0. The molecule has 2 rings (SSSR count). The first-order chi connectivity index (χ1) is 11.9. The second-order valence-electron chi connectivity index (χ2n) is 6.31. The van der Waals surface area contributed by atoms with Gasteiger partial charge in [-0.2, -0.15) is 0 Å². The number of non-ortho nitro benzene ring substituents is 1. The molecule has 1 aliphatic rings. The van der Waals surface area contributed by atoms with Gasteiger partial charge in [-0.1, -0.05) is 15.9 Å². The predicted octanol–water partition coefficient (Wildman–Crippen LogP) is 3.05. The molecule has 1 fully saturated rings. The monoisotopic (exact) mass is 433 g/mol. The third-order valence-electron chi connectivity index (χ3n) is 4.46. The van der Waals surface area contributed by atoms with E-state index in [1.165, 1.54) is 18.2 Å². The molecular weight excluding hydrogens is 410 g/mol.